The fourth-order valence-electron chi connectivity index (χ4n) is 1.69. The average Bonchev–Trinajstić information content (AvgIpc) is 2.59. The molecular formula is C11H20N2S. The van der Waals surface area contributed by atoms with Crippen molar-refractivity contribution in [1.29, 1.82) is 0 Å². The lowest BCUT2D eigenvalue weighted by atomic mass is 9.97. The van der Waals surface area contributed by atoms with Crippen LogP contribution in [-0.2, 0) is 6.42 Å². The van der Waals surface area contributed by atoms with Crippen LogP contribution < -0.4 is 5.73 Å². The van der Waals surface area contributed by atoms with Gasteiger partial charge in [0.25, 0.3) is 0 Å². The third-order valence-electron chi connectivity index (χ3n) is 2.65. The van der Waals surface area contributed by atoms with Gasteiger partial charge < -0.3 is 5.73 Å². The number of hydrogen-bond donors (Lipinski definition) is 1. The molecule has 1 unspecified atom stereocenters. The fraction of sp³-hybridized carbons (Fsp3) is 0.727. The van der Waals surface area contributed by atoms with Gasteiger partial charge in [0.2, 0.25) is 0 Å². The molecule has 1 rings (SSSR count). The summed E-state index contributed by atoms with van der Waals surface area (Å²) in [5, 5.41) is 0. The summed E-state index contributed by atoms with van der Waals surface area (Å²) in [6.07, 6.45) is 4.86. The van der Waals surface area contributed by atoms with Crippen LogP contribution in [0.4, 0.5) is 0 Å². The van der Waals surface area contributed by atoms with Crippen LogP contribution in [0.1, 0.15) is 36.8 Å². The third-order valence-corrected chi connectivity index (χ3v) is 3.65. The van der Waals surface area contributed by atoms with E-state index in [4.69, 9.17) is 5.73 Å². The van der Waals surface area contributed by atoms with Crippen molar-refractivity contribution >= 4 is 11.3 Å². The second-order valence-electron chi connectivity index (χ2n) is 3.79. The molecule has 0 saturated heterocycles. The zero-order valence-electron chi connectivity index (χ0n) is 9.12. The number of aryl methyl sites for hydroxylation is 2. The van der Waals surface area contributed by atoms with Gasteiger partial charge in [-0.25, -0.2) is 4.98 Å². The standard InChI is InChI=1S/C11H20N2S/c1-3-4-10(7-12)5-6-11-9(2)13-8-14-11/h8,10H,3-7,12H2,1-2H3. The van der Waals surface area contributed by atoms with Crippen LogP contribution in [0.2, 0.25) is 0 Å². The maximum Gasteiger partial charge on any atom is 0.0797 e. The Balaban J connectivity index is 2.35. The maximum absolute atomic E-state index is 5.72. The molecule has 1 aromatic rings. The minimum atomic E-state index is 0.696. The van der Waals surface area contributed by atoms with E-state index in [9.17, 15) is 0 Å². The molecule has 0 aromatic carbocycles. The van der Waals surface area contributed by atoms with Gasteiger partial charge in [-0.2, -0.15) is 0 Å². The molecule has 0 amide bonds. The van der Waals surface area contributed by atoms with Gasteiger partial charge in [-0.3, -0.25) is 0 Å². The van der Waals surface area contributed by atoms with Gasteiger partial charge in [-0.1, -0.05) is 13.3 Å². The predicted octanol–water partition coefficient (Wildman–Crippen LogP) is 2.76. The molecule has 14 heavy (non-hydrogen) atoms. The van der Waals surface area contributed by atoms with Crippen molar-refractivity contribution in [2.45, 2.75) is 39.5 Å². The van der Waals surface area contributed by atoms with Crippen LogP contribution in [0.25, 0.3) is 0 Å². The number of nitrogens with two attached hydrogens (primary N) is 1. The third kappa shape index (κ3) is 3.39. The molecule has 80 valence electrons. The lowest BCUT2D eigenvalue weighted by molar-refractivity contribution is 0.456. The summed E-state index contributed by atoms with van der Waals surface area (Å²) in [7, 11) is 0. The van der Waals surface area contributed by atoms with Gasteiger partial charge in [0, 0.05) is 4.88 Å². The van der Waals surface area contributed by atoms with E-state index in [0.717, 1.165) is 13.0 Å². The Bertz CT molecular complexity index is 258. The van der Waals surface area contributed by atoms with Crippen molar-refractivity contribution in [3.63, 3.8) is 0 Å². The lowest BCUT2D eigenvalue weighted by Gasteiger charge is -2.12. The van der Waals surface area contributed by atoms with E-state index < -0.39 is 0 Å². The molecule has 0 aliphatic heterocycles. The number of hydrogen-bond acceptors (Lipinski definition) is 3. The minimum absolute atomic E-state index is 0.696. The Morgan fingerprint density at radius 3 is 2.79 bits per heavy atom. The topological polar surface area (TPSA) is 38.9 Å². The fourth-order valence-corrected chi connectivity index (χ4v) is 2.49. The molecule has 0 spiro atoms. The van der Waals surface area contributed by atoms with Gasteiger partial charge in [0.1, 0.15) is 0 Å². The maximum atomic E-state index is 5.72. The van der Waals surface area contributed by atoms with Gasteiger partial charge in [-0.15, -0.1) is 11.3 Å². The lowest BCUT2D eigenvalue weighted by Crippen LogP contribution is -2.14. The summed E-state index contributed by atoms with van der Waals surface area (Å²) in [5.74, 6) is 0.696. The Labute approximate surface area is 90.6 Å². The normalized spacial score (nSPS) is 13.1. The largest absolute Gasteiger partial charge is 0.330 e. The molecule has 2 nitrogen and oxygen atoms in total. The molecular weight excluding hydrogens is 192 g/mol. The first-order valence-electron chi connectivity index (χ1n) is 5.37. The van der Waals surface area contributed by atoms with Crippen molar-refractivity contribution < 1.29 is 0 Å². The van der Waals surface area contributed by atoms with Crippen molar-refractivity contribution in [2.24, 2.45) is 11.7 Å². The van der Waals surface area contributed by atoms with Crippen LogP contribution in [0.5, 0.6) is 0 Å². The Hall–Kier alpha value is -0.410. The molecule has 0 radical (unpaired) electrons. The summed E-state index contributed by atoms with van der Waals surface area (Å²) < 4.78 is 0. The SMILES string of the molecule is CCCC(CN)CCc1scnc1C. The minimum Gasteiger partial charge on any atom is -0.330 e. The van der Waals surface area contributed by atoms with Crippen molar-refractivity contribution in [2.75, 3.05) is 6.54 Å². The molecule has 0 bridgehead atoms. The quantitative estimate of drug-likeness (QED) is 0.787. The summed E-state index contributed by atoms with van der Waals surface area (Å²) in [5.41, 5.74) is 8.85. The van der Waals surface area contributed by atoms with Crippen LogP contribution in [0, 0.1) is 12.8 Å². The highest BCUT2D eigenvalue weighted by Gasteiger charge is 2.08. The molecule has 3 heteroatoms. The molecule has 0 saturated carbocycles. The Kier molecular flexibility index (Phi) is 5.12. The van der Waals surface area contributed by atoms with Crippen LogP contribution in [0.15, 0.2) is 5.51 Å². The highest BCUT2D eigenvalue weighted by Crippen LogP contribution is 2.18. The van der Waals surface area contributed by atoms with E-state index in [2.05, 4.69) is 18.8 Å². The van der Waals surface area contributed by atoms with Crippen LogP contribution >= 0.6 is 11.3 Å². The Morgan fingerprint density at radius 1 is 1.50 bits per heavy atom. The number of thiazole rings is 1. The molecule has 1 heterocycles. The van der Waals surface area contributed by atoms with Crippen molar-refractivity contribution in [3.8, 4) is 0 Å². The van der Waals surface area contributed by atoms with E-state index in [1.165, 1.54) is 29.8 Å². The Morgan fingerprint density at radius 2 is 2.29 bits per heavy atom. The number of aromatic nitrogens is 1. The first-order chi connectivity index (χ1) is 6.77. The molecule has 0 aliphatic rings. The highest BCUT2D eigenvalue weighted by molar-refractivity contribution is 7.09. The first kappa shape index (κ1) is 11.7. The number of nitrogens with zero attached hydrogens (tertiary/aromatic N) is 1. The van der Waals surface area contributed by atoms with Gasteiger partial charge in [-0.05, 0) is 38.6 Å². The van der Waals surface area contributed by atoms with Gasteiger partial charge in [0.05, 0.1) is 11.2 Å². The van der Waals surface area contributed by atoms with E-state index in [1.807, 2.05) is 5.51 Å². The van der Waals surface area contributed by atoms with Gasteiger partial charge in [0.15, 0.2) is 0 Å². The summed E-state index contributed by atoms with van der Waals surface area (Å²) >= 11 is 1.77. The monoisotopic (exact) mass is 212 g/mol. The smallest absolute Gasteiger partial charge is 0.0797 e. The predicted molar refractivity (Wildman–Crippen MR) is 62.6 cm³/mol. The van der Waals surface area contributed by atoms with E-state index >= 15 is 0 Å². The molecule has 1 aromatic heterocycles. The summed E-state index contributed by atoms with van der Waals surface area (Å²) in [6.45, 7) is 5.13. The van der Waals surface area contributed by atoms with E-state index in [-0.39, 0.29) is 0 Å². The van der Waals surface area contributed by atoms with Crippen LogP contribution in [-0.4, -0.2) is 11.5 Å². The zero-order valence-corrected chi connectivity index (χ0v) is 9.94. The molecule has 1 atom stereocenters. The first-order valence-corrected chi connectivity index (χ1v) is 6.24. The molecule has 2 N–H and O–H groups in total. The zero-order chi connectivity index (χ0) is 10.4. The van der Waals surface area contributed by atoms with Crippen LogP contribution in [0.3, 0.4) is 0 Å². The number of rotatable bonds is 6. The van der Waals surface area contributed by atoms with Gasteiger partial charge >= 0.3 is 0 Å². The molecule has 0 fully saturated rings. The second kappa shape index (κ2) is 6.14. The van der Waals surface area contributed by atoms with E-state index in [1.54, 1.807) is 11.3 Å². The molecule has 0 aliphatic carbocycles. The van der Waals surface area contributed by atoms with Crippen molar-refractivity contribution in [1.82, 2.24) is 4.98 Å². The average molecular weight is 212 g/mol. The summed E-state index contributed by atoms with van der Waals surface area (Å²) in [4.78, 5) is 5.68. The summed E-state index contributed by atoms with van der Waals surface area (Å²) in [6, 6.07) is 0. The van der Waals surface area contributed by atoms with Crippen molar-refractivity contribution in [3.05, 3.63) is 16.1 Å². The highest BCUT2D eigenvalue weighted by atomic mass is 32.1. The van der Waals surface area contributed by atoms with E-state index in [0.29, 0.717) is 5.92 Å². The second-order valence-corrected chi connectivity index (χ2v) is 4.73.